The van der Waals surface area contributed by atoms with Crippen molar-refractivity contribution in [3.8, 4) is 33.4 Å². The van der Waals surface area contributed by atoms with Crippen LogP contribution in [0.15, 0.2) is 229 Å². The molecule has 262 valence electrons. The van der Waals surface area contributed by atoms with Crippen molar-refractivity contribution in [3.05, 3.63) is 246 Å². The molecule has 0 aliphatic carbocycles. The fourth-order valence-electron chi connectivity index (χ4n) is 7.16. The van der Waals surface area contributed by atoms with Crippen molar-refractivity contribution in [3.63, 3.8) is 0 Å². The smallest absolute Gasteiger partial charge is 0.0462 e. The van der Waals surface area contributed by atoms with Crippen LogP contribution in [0.4, 0.5) is 17.1 Å². The third kappa shape index (κ3) is 7.37. The monoisotopic (exact) mass is 704 g/mol. The lowest BCUT2D eigenvalue weighted by molar-refractivity contribution is 1.04. The first-order valence-electron chi connectivity index (χ1n) is 18.7. The molecule has 8 aromatic carbocycles. The Kier molecular flexibility index (Phi) is 9.41. The van der Waals surface area contributed by atoms with Gasteiger partial charge in [-0.15, -0.1) is 0 Å². The van der Waals surface area contributed by atoms with Crippen LogP contribution in [-0.4, -0.2) is 5.84 Å². The minimum Gasteiger partial charge on any atom is -0.454 e. The summed E-state index contributed by atoms with van der Waals surface area (Å²) in [6.45, 7) is 0. The van der Waals surface area contributed by atoms with Gasteiger partial charge in [0, 0.05) is 23.1 Å². The molecule has 1 unspecified atom stereocenters. The Hall–Kier alpha value is -7.23. The van der Waals surface area contributed by atoms with E-state index < -0.39 is 0 Å². The van der Waals surface area contributed by atoms with Gasteiger partial charge < -0.3 is 15.2 Å². The molecule has 1 heterocycles. The Morgan fingerprint density at radius 2 is 0.655 bits per heavy atom. The average molecular weight is 705 g/mol. The molecule has 9 rings (SSSR count). The lowest BCUT2D eigenvalue weighted by Crippen LogP contribution is -2.10. The third-order valence-corrected chi connectivity index (χ3v) is 10.1. The van der Waals surface area contributed by atoms with Gasteiger partial charge in [-0.2, -0.15) is 0 Å². The van der Waals surface area contributed by atoms with Gasteiger partial charge in [0.15, 0.2) is 0 Å². The molecule has 1 aliphatic heterocycles. The SMILES string of the molecule is C1=C(c2ccccc2)N=C(c2ccc(-c3ccc(N(c4ccc(-c5ccccc5)cc4)c4ccc(-c5ccccc5)cc4)cc3)cc2)[N-]C1c1ccccc1. The molecule has 0 N–H and O–H groups in total. The highest BCUT2D eigenvalue weighted by Gasteiger charge is 2.15. The van der Waals surface area contributed by atoms with Crippen molar-refractivity contribution >= 4 is 28.6 Å². The van der Waals surface area contributed by atoms with Crippen molar-refractivity contribution in [2.24, 2.45) is 4.99 Å². The van der Waals surface area contributed by atoms with Crippen molar-refractivity contribution in [2.45, 2.75) is 6.04 Å². The summed E-state index contributed by atoms with van der Waals surface area (Å²) in [7, 11) is 0. The molecule has 55 heavy (non-hydrogen) atoms. The summed E-state index contributed by atoms with van der Waals surface area (Å²) in [5.74, 6) is 0.740. The van der Waals surface area contributed by atoms with E-state index in [1.54, 1.807) is 0 Å². The molecule has 0 aromatic heterocycles. The van der Waals surface area contributed by atoms with Gasteiger partial charge in [0.1, 0.15) is 0 Å². The zero-order valence-corrected chi connectivity index (χ0v) is 30.3. The molecule has 0 bridgehead atoms. The Bertz CT molecular complexity index is 2460. The molecule has 8 aromatic rings. The van der Waals surface area contributed by atoms with Crippen molar-refractivity contribution in [1.29, 1.82) is 0 Å². The Morgan fingerprint density at radius 1 is 0.327 bits per heavy atom. The molecular formula is C52H38N3-. The second-order valence-electron chi connectivity index (χ2n) is 13.6. The first-order chi connectivity index (χ1) is 27.2. The molecule has 0 spiro atoms. The molecule has 3 nitrogen and oxygen atoms in total. The average Bonchev–Trinajstić information content (AvgIpc) is 3.28. The first kappa shape index (κ1) is 33.6. The standard InChI is InChI=1S/C52H38N3/c1-5-13-38(14-6-1)41-25-31-47(32-26-41)55(48-33-27-42(28-34-48)39-15-7-2-8-16-39)49-35-29-43(30-36-49)40-21-23-46(24-22-40)52-53-50(44-17-9-3-10-18-44)37-51(54-52)45-19-11-4-12-20-45/h1-37,50H/q-1. The quantitative estimate of drug-likeness (QED) is 0.147. The number of nitrogens with zero attached hydrogens (tertiary/aromatic N) is 3. The van der Waals surface area contributed by atoms with Crippen molar-refractivity contribution in [2.75, 3.05) is 4.90 Å². The number of hydrogen-bond donors (Lipinski definition) is 0. The molecule has 1 aliphatic rings. The molecule has 0 radical (unpaired) electrons. The van der Waals surface area contributed by atoms with Crippen LogP contribution >= 0.6 is 0 Å². The lowest BCUT2D eigenvalue weighted by atomic mass is 9.99. The second-order valence-corrected chi connectivity index (χ2v) is 13.6. The van der Waals surface area contributed by atoms with E-state index >= 15 is 0 Å². The third-order valence-electron chi connectivity index (χ3n) is 10.1. The van der Waals surface area contributed by atoms with E-state index in [1.807, 2.05) is 12.1 Å². The maximum Gasteiger partial charge on any atom is 0.0462 e. The molecule has 0 saturated heterocycles. The van der Waals surface area contributed by atoms with E-state index in [1.165, 1.54) is 22.3 Å². The fraction of sp³-hybridized carbons (Fsp3) is 0.0192. The number of aliphatic imine (C=N–C) groups is 1. The summed E-state index contributed by atoms with van der Waals surface area (Å²) in [4.78, 5) is 7.36. The number of hydrogen-bond acceptors (Lipinski definition) is 2. The molecule has 3 heteroatoms. The molecular weight excluding hydrogens is 667 g/mol. The van der Waals surface area contributed by atoms with Crippen molar-refractivity contribution in [1.82, 2.24) is 0 Å². The largest absolute Gasteiger partial charge is 0.454 e. The Labute approximate surface area is 323 Å². The van der Waals surface area contributed by atoms with E-state index in [9.17, 15) is 0 Å². The first-order valence-corrected chi connectivity index (χ1v) is 18.7. The van der Waals surface area contributed by atoms with Crippen LogP contribution in [0.25, 0.3) is 44.4 Å². The van der Waals surface area contributed by atoms with E-state index in [2.05, 4.69) is 217 Å². The Morgan fingerprint density at radius 3 is 1.07 bits per heavy atom. The summed E-state index contributed by atoms with van der Waals surface area (Å²) in [5, 5.41) is 5.10. The van der Waals surface area contributed by atoms with Gasteiger partial charge in [-0.3, -0.25) is 0 Å². The number of amidine groups is 1. The highest BCUT2D eigenvalue weighted by atomic mass is 15.1. The summed E-state index contributed by atoms with van der Waals surface area (Å²) in [6, 6.07) is 76.8. The van der Waals surface area contributed by atoms with Crippen LogP contribution in [0.1, 0.15) is 22.7 Å². The Balaban J connectivity index is 1.01. The van der Waals surface area contributed by atoms with Crippen LogP contribution in [0.2, 0.25) is 0 Å². The van der Waals surface area contributed by atoms with Crippen LogP contribution in [0, 0.1) is 0 Å². The van der Waals surface area contributed by atoms with E-state index in [0.29, 0.717) is 0 Å². The number of rotatable bonds is 9. The van der Waals surface area contributed by atoms with Crippen LogP contribution < -0.4 is 4.90 Å². The molecule has 1 atom stereocenters. The summed E-state index contributed by atoms with van der Waals surface area (Å²) in [5.41, 5.74) is 14.5. The molecule has 0 saturated carbocycles. The van der Waals surface area contributed by atoms with Gasteiger partial charge in [0.05, 0.1) is 0 Å². The number of benzene rings is 8. The van der Waals surface area contributed by atoms with Crippen LogP contribution in [0.3, 0.4) is 0 Å². The van der Waals surface area contributed by atoms with Crippen molar-refractivity contribution < 1.29 is 0 Å². The minimum absolute atomic E-state index is 0.108. The molecule has 0 amide bonds. The summed E-state index contributed by atoms with van der Waals surface area (Å²) < 4.78 is 0. The number of anilines is 3. The van der Waals surface area contributed by atoms with Gasteiger partial charge >= 0.3 is 0 Å². The maximum absolute atomic E-state index is 5.10. The van der Waals surface area contributed by atoms with Gasteiger partial charge in [-0.25, -0.2) is 0 Å². The van der Waals surface area contributed by atoms with Gasteiger partial charge in [0.25, 0.3) is 0 Å². The highest BCUT2D eigenvalue weighted by molar-refractivity contribution is 6.12. The summed E-state index contributed by atoms with van der Waals surface area (Å²) >= 11 is 0. The van der Waals surface area contributed by atoms with Gasteiger partial charge in [-0.1, -0.05) is 194 Å². The fourth-order valence-corrected chi connectivity index (χ4v) is 7.16. The zero-order valence-electron chi connectivity index (χ0n) is 30.3. The lowest BCUT2D eigenvalue weighted by Gasteiger charge is -2.33. The predicted molar refractivity (Wildman–Crippen MR) is 231 cm³/mol. The normalized spacial score (nSPS) is 13.6. The molecule has 0 fully saturated rings. The van der Waals surface area contributed by atoms with E-state index in [0.717, 1.165) is 56.4 Å². The zero-order chi connectivity index (χ0) is 36.8. The summed E-state index contributed by atoms with van der Waals surface area (Å²) in [6.07, 6.45) is 2.16. The van der Waals surface area contributed by atoms with Crippen LogP contribution in [-0.2, 0) is 0 Å². The van der Waals surface area contributed by atoms with E-state index in [-0.39, 0.29) is 6.04 Å². The maximum atomic E-state index is 5.10. The topological polar surface area (TPSA) is 29.7 Å². The minimum atomic E-state index is -0.108. The van der Waals surface area contributed by atoms with Crippen LogP contribution in [0.5, 0.6) is 0 Å². The van der Waals surface area contributed by atoms with E-state index in [4.69, 9.17) is 10.3 Å². The van der Waals surface area contributed by atoms with Gasteiger partial charge in [-0.05, 0) is 92.2 Å². The highest BCUT2D eigenvalue weighted by Crippen LogP contribution is 2.39. The predicted octanol–water partition coefficient (Wildman–Crippen LogP) is 14.1. The second kappa shape index (κ2) is 15.4. The van der Waals surface area contributed by atoms with Gasteiger partial charge in [0.2, 0.25) is 0 Å².